The van der Waals surface area contributed by atoms with Gasteiger partial charge in [0.15, 0.2) is 5.69 Å². The summed E-state index contributed by atoms with van der Waals surface area (Å²) in [5, 5.41) is 9.34. The predicted octanol–water partition coefficient (Wildman–Crippen LogP) is 4.52. The first-order chi connectivity index (χ1) is 15.1. The molecule has 0 saturated carbocycles. The Labute approximate surface area is 184 Å². The number of nitrogens with zero attached hydrogens (tertiary/aromatic N) is 2. The van der Waals surface area contributed by atoms with Crippen molar-refractivity contribution in [3.63, 3.8) is 0 Å². The molecule has 1 amide bonds. The van der Waals surface area contributed by atoms with Crippen molar-refractivity contribution in [2.75, 3.05) is 0 Å². The number of aromatic nitrogens is 2. The number of hydrogen-bond acceptors (Lipinski definition) is 3. The quantitative estimate of drug-likeness (QED) is 0.519. The van der Waals surface area contributed by atoms with Gasteiger partial charge in [-0.05, 0) is 47.7 Å². The second kappa shape index (κ2) is 8.00. The maximum absolute atomic E-state index is 13.3. The minimum absolute atomic E-state index is 0.102. The molecule has 5 nitrogen and oxygen atoms in total. The molecule has 1 aliphatic rings. The van der Waals surface area contributed by atoms with Crippen LogP contribution in [0.5, 0.6) is 0 Å². The largest absolute Gasteiger partial charge is 0.344 e. The summed E-state index contributed by atoms with van der Waals surface area (Å²) in [6, 6.07) is 22.4. The molecule has 6 heteroatoms. The summed E-state index contributed by atoms with van der Waals surface area (Å²) in [7, 11) is 0. The van der Waals surface area contributed by atoms with Gasteiger partial charge < -0.3 is 5.32 Å². The fraction of sp³-hybridized carbons (Fsp3) is 0.160. The van der Waals surface area contributed by atoms with Gasteiger partial charge in [-0.2, -0.15) is 5.10 Å². The molecule has 0 spiro atoms. The number of halogens is 1. The fourth-order valence-corrected chi connectivity index (χ4v) is 4.42. The van der Waals surface area contributed by atoms with Crippen LogP contribution in [0.2, 0.25) is 5.02 Å². The van der Waals surface area contributed by atoms with Gasteiger partial charge in [0.25, 0.3) is 11.5 Å². The molecule has 1 aromatic heterocycles. The van der Waals surface area contributed by atoms with E-state index in [9.17, 15) is 9.59 Å². The van der Waals surface area contributed by atoms with E-state index in [4.69, 9.17) is 11.6 Å². The lowest BCUT2D eigenvalue weighted by molar-refractivity contribution is 0.0931. The number of amides is 1. The number of carbonyl (C=O) groups excluding carboxylic acids is 1. The van der Waals surface area contributed by atoms with Crippen LogP contribution >= 0.6 is 11.6 Å². The molecule has 0 fully saturated rings. The van der Waals surface area contributed by atoms with Crippen LogP contribution in [-0.4, -0.2) is 15.7 Å². The molecule has 3 aromatic carbocycles. The second-order valence-electron chi connectivity index (χ2n) is 7.75. The Morgan fingerprint density at radius 3 is 2.58 bits per heavy atom. The van der Waals surface area contributed by atoms with Crippen LogP contribution in [0.1, 0.15) is 39.6 Å². The van der Waals surface area contributed by atoms with Gasteiger partial charge in [-0.25, -0.2) is 4.68 Å². The zero-order valence-electron chi connectivity index (χ0n) is 16.7. The summed E-state index contributed by atoms with van der Waals surface area (Å²) >= 11 is 6.11. The first kappa shape index (κ1) is 19.5. The van der Waals surface area contributed by atoms with Gasteiger partial charge >= 0.3 is 0 Å². The molecule has 1 heterocycles. The van der Waals surface area contributed by atoms with E-state index in [2.05, 4.69) is 10.4 Å². The van der Waals surface area contributed by atoms with E-state index in [-0.39, 0.29) is 23.2 Å². The topological polar surface area (TPSA) is 64.0 Å². The monoisotopic (exact) mass is 429 g/mol. The summed E-state index contributed by atoms with van der Waals surface area (Å²) in [5.74, 6) is -0.286. The van der Waals surface area contributed by atoms with Gasteiger partial charge in [0, 0.05) is 10.4 Å². The summed E-state index contributed by atoms with van der Waals surface area (Å²) < 4.78 is 1.37. The van der Waals surface area contributed by atoms with Crippen molar-refractivity contribution in [2.24, 2.45) is 0 Å². The molecule has 154 valence electrons. The molecule has 1 aliphatic carbocycles. The van der Waals surface area contributed by atoms with E-state index in [0.29, 0.717) is 22.3 Å². The van der Waals surface area contributed by atoms with Crippen molar-refractivity contribution in [3.05, 3.63) is 111 Å². The van der Waals surface area contributed by atoms with Gasteiger partial charge in [-0.3, -0.25) is 9.59 Å². The second-order valence-corrected chi connectivity index (χ2v) is 8.19. The minimum atomic E-state index is -0.286. The highest BCUT2D eigenvalue weighted by Gasteiger charge is 2.26. The number of benzene rings is 3. The maximum atomic E-state index is 13.3. The van der Waals surface area contributed by atoms with Crippen LogP contribution < -0.4 is 10.9 Å². The summed E-state index contributed by atoms with van der Waals surface area (Å²) in [5.41, 5.74) is 3.23. The Bertz CT molecular complexity index is 1350. The third-order valence-corrected chi connectivity index (χ3v) is 5.98. The molecular weight excluding hydrogens is 410 g/mol. The number of rotatable bonds is 4. The van der Waals surface area contributed by atoms with E-state index in [1.165, 1.54) is 4.68 Å². The molecule has 0 saturated heterocycles. The lowest BCUT2D eigenvalue weighted by atomic mass is 10.1. The van der Waals surface area contributed by atoms with Crippen molar-refractivity contribution in [2.45, 2.75) is 25.4 Å². The van der Waals surface area contributed by atoms with Gasteiger partial charge in [0.05, 0.1) is 18.0 Å². The van der Waals surface area contributed by atoms with Crippen molar-refractivity contribution in [3.8, 4) is 0 Å². The van der Waals surface area contributed by atoms with Gasteiger partial charge in [-0.15, -0.1) is 0 Å². The van der Waals surface area contributed by atoms with Crippen LogP contribution in [0.15, 0.2) is 77.6 Å². The highest BCUT2D eigenvalue weighted by Crippen LogP contribution is 2.33. The van der Waals surface area contributed by atoms with Crippen LogP contribution in [-0.2, 0) is 13.0 Å². The van der Waals surface area contributed by atoms with E-state index in [1.807, 2.05) is 54.6 Å². The van der Waals surface area contributed by atoms with Crippen LogP contribution in [0.25, 0.3) is 10.8 Å². The SMILES string of the molecule is O=C(NC1CCc2cc(Cl)ccc21)c1nn(Cc2ccccc2)c(=O)c2ccccc12. The Morgan fingerprint density at radius 1 is 1.03 bits per heavy atom. The first-order valence-electron chi connectivity index (χ1n) is 10.2. The molecule has 4 aromatic rings. The summed E-state index contributed by atoms with van der Waals surface area (Å²) in [6.45, 7) is 0.301. The Hall–Kier alpha value is -3.44. The summed E-state index contributed by atoms with van der Waals surface area (Å²) in [6.07, 6.45) is 1.67. The average Bonchev–Trinajstić information content (AvgIpc) is 3.18. The Balaban J connectivity index is 1.53. The molecule has 31 heavy (non-hydrogen) atoms. The molecule has 1 atom stereocenters. The van der Waals surface area contributed by atoms with E-state index in [1.54, 1.807) is 18.2 Å². The molecule has 1 N–H and O–H groups in total. The fourth-order valence-electron chi connectivity index (χ4n) is 4.23. The number of carbonyl (C=O) groups is 1. The van der Waals surface area contributed by atoms with Crippen molar-refractivity contribution in [1.29, 1.82) is 0 Å². The zero-order chi connectivity index (χ0) is 21.4. The molecular formula is C25H20ClN3O2. The Kier molecular flexibility index (Phi) is 5.04. The predicted molar refractivity (Wildman–Crippen MR) is 122 cm³/mol. The first-order valence-corrected chi connectivity index (χ1v) is 10.6. The van der Waals surface area contributed by atoms with Crippen LogP contribution in [0, 0.1) is 0 Å². The highest BCUT2D eigenvalue weighted by molar-refractivity contribution is 6.30. The van der Waals surface area contributed by atoms with Crippen LogP contribution in [0.4, 0.5) is 0 Å². The normalized spacial score (nSPS) is 15.1. The van der Waals surface area contributed by atoms with Crippen molar-refractivity contribution in [1.82, 2.24) is 15.1 Å². The average molecular weight is 430 g/mol. The highest BCUT2D eigenvalue weighted by atomic mass is 35.5. The number of fused-ring (bicyclic) bond motifs is 2. The maximum Gasteiger partial charge on any atom is 0.274 e. The molecule has 0 radical (unpaired) electrons. The van der Waals surface area contributed by atoms with E-state index >= 15 is 0 Å². The number of hydrogen-bond donors (Lipinski definition) is 1. The third-order valence-electron chi connectivity index (χ3n) is 5.75. The van der Waals surface area contributed by atoms with Crippen LogP contribution in [0.3, 0.4) is 0 Å². The van der Waals surface area contributed by atoms with Gasteiger partial charge in [-0.1, -0.05) is 66.2 Å². The number of nitrogens with one attached hydrogen (secondary N) is 1. The standard InChI is InChI=1S/C25H20ClN3O2/c26-18-11-12-19-17(14-18)10-13-22(19)27-24(30)23-20-8-4-5-9-21(20)25(31)29(28-23)15-16-6-2-1-3-7-16/h1-9,11-12,14,22H,10,13,15H2,(H,27,30). The van der Waals surface area contributed by atoms with Gasteiger partial charge in [0.1, 0.15) is 0 Å². The summed E-state index contributed by atoms with van der Waals surface area (Å²) in [4.78, 5) is 26.3. The molecule has 0 aliphatic heterocycles. The molecule has 1 unspecified atom stereocenters. The van der Waals surface area contributed by atoms with Crippen molar-refractivity contribution < 1.29 is 4.79 Å². The van der Waals surface area contributed by atoms with Gasteiger partial charge in [0.2, 0.25) is 0 Å². The zero-order valence-corrected chi connectivity index (χ0v) is 17.5. The number of aryl methyl sites for hydroxylation is 1. The molecule has 0 bridgehead atoms. The lowest BCUT2D eigenvalue weighted by Crippen LogP contribution is -2.32. The third kappa shape index (κ3) is 3.73. The van der Waals surface area contributed by atoms with Crippen molar-refractivity contribution >= 4 is 28.3 Å². The Morgan fingerprint density at radius 2 is 1.77 bits per heavy atom. The molecule has 5 rings (SSSR count). The smallest absolute Gasteiger partial charge is 0.274 e. The minimum Gasteiger partial charge on any atom is -0.344 e. The van der Waals surface area contributed by atoms with E-state index in [0.717, 1.165) is 29.5 Å². The lowest BCUT2D eigenvalue weighted by Gasteiger charge is -2.16. The van der Waals surface area contributed by atoms with E-state index < -0.39 is 0 Å².